The summed E-state index contributed by atoms with van der Waals surface area (Å²) in [7, 11) is 0. The molecule has 0 amide bonds. The lowest BCUT2D eigenvalue weighted by Crippen LogP contribution is -1.77. The lowest BCUT2D eigenvalue weighted by Gasteiger charge is -1.93. The Hall–Kier alpha value is -0.880. The van der Waals surface area contributed by atoms with Crippen LogP contribution in [-0.2, 0) is 0 Å². The molecule has 0 saturated carbocycles. The van der Waals surface area contributed by atoms with E-state index in [1.165, 1.54) is 0 Å². The van der Waals surface area contributed by atoms with Gasteiger partial charge in [0.1, 0.15) is 6.20 Å². The quantitative estimate of drug-likeness (QED) is 0.584. The molecule has 1 aromatic rings. The number of hydrogen-bond acceptors (Lipinski definition) is 1. The molecule has 1 aromatic heterocycles. The summed E-state index contributed by atoms with van der Waals surface area (Å²) < 4.78 is 0.914. The Kier molecular flexibility index (Phi) is 2.03. The fourth-order valence-electron chi connectivity index (χ4n) is 0.650. The first-order valence-corrected chi connectivity index (χ1v) is 3.53. The Morgan fingerprint density at radius 3 is 2.90 bits per heavy atom. The van der Waals surface area contributed by atoms with Gasteiger partial charge in [-0.3, -0.25) is 0 Å². The smallest absolute Gasteiger partial charge is 0.272 e. The number of nitrogens with zero attached hydrogens (tertiary/aromatic N) is 2. The van der Waals surface area contributed by atoms with Crippen LogP contribution in [0.4, 0.5) is 5.82 Å². The van der Waals surface area contributed by atoms with Crippen LogP contribution in [0.1, 0.15) is 5.56 Å². The van der Waals surface area contributed by atoms with Crippen molar-refractivity contribution in [3.8, 4) is 0 Å². The third kappa shape index (κ3) is 1.34. The van der Waals surface area contributed by atoms with Gasteiger partial charge in [-0.1, -0.05) is 12.6 Å². The molecular weight excluding hydrogens is 192 g/mol. The molecule has 0 aliphatic carbocycles. The molecule has 0 unspecified atom stereocenters. The summed E-state index contributed by atoms with van der Waals surface area (Å²) in [6.07, 6.45) is 1.63. The van der Waals surface area contributed by atoms with Gasteiger partial charge in [-0.15, -0.1) is 4.98 Å². The van der Waals surface area contributed by atoms with Crippen LogP contribution < -0.4 is 0 Å². The highest BCUT2D eigenvalue weighted by Gasteiger charge is 1.98. The zero-order chi connectivity index (χ0) is 7.56. The fraction of sp³-hybridized carbons (Fsp3) is 0.143. The summed E-state index contributed by atoms with van der Waals surface area (Å²) in [5, 5.41) is 0. The van der Waals surface area contributed by atoms with Gasteiger partial charge in [0.15, 0.2) is 0 Å². The van der Waals surface area contributed by atoms with E-state index in [0.29, 0.717) is 5.82 Å². The number of hydrogen-bond donors (Lipinski definition) is 0. The maximum atomic E-state index is 6.70. The Morgan fingerprint density at radius 1 is 1.70 bits per heavy atom. The minimum absolute atomic E-state index is 0.475. The van der Waals surface area contributed by atoms with E-state index in [9.17, 15) is 0 Å². The lowest BCUT2D eigenvalue weighted by atomic mass is 10.3. The number of halogens is 1. The predicted molar refractivity (Wildman–Crippen MR) is 42.9 cm³/mol. The zero-order valence-electron chi connectivity index (χ0n) is 5.43. The second-order valence-corrected chi connectivity index (χ2v) is 2.82. The van der Waals surface area contributed by atoms with Crippen LogP contribution in [0.25, 0.3) is 4.85 Å². The molecule has 0 bridgehead atoms. The second kappa shape index (κ2) is 2.80. The van der Waals surface area contributed by atoms with Crippen molar-refractivity contribution >= 4 is 21.7 Å². The summed E-state index contributed by atoms with van der Waals surface area (Å²) in [6.45, 7) is 8.57. The molecule has 3 heteroatoms. The summed E-state index contributed by atoms with van der Waals surface area (Å²) in [6, 6.07) is 1.88. The molecule has 0 aliphatic heterocycles. The van der Waals surface area contributed by atoms with Crippen LogP contribution >= 0.6 is 15.9 Å². The monoisotopic (exact) mass is 196 g/mol. The van der Waals surface area contributed by atoms with E-state index in [1.54, 1.807) is 6.20 Å². The second-order valence-electron chi connectivity index (χ2n) is 1.91. The van der Waals surface area contributed by atoms with Gasteiger partial charge in [0.05, 0.1) is 4.47 Å². The van der Waals surface area contributed by atoms with E-state index in [-0.39, 0.29) is 0 Å². The Bertz CT molecular complexity index is 288. The predicted octanol–water partition coefficient (Wildman–Crippen LogP) is 2.70. The van der Waals surface area contributed by atoms with Gasteiger partial charge in [-0.2, -0.15) is 0 Å². The van der Waals surface area contributed by atoms with E-state index in [0.717, 1.165) is 10.0 Å². The molecule has 0 radical (unpaired) electrons. The van der Waals surface area contributed by atoms with Crippen LogP contribution in [0.3, 0.4) is 0 Å². The summed E-state index contributed by atoms with van der Waals surface area (Å²) in [5.41, 5.74) is 0.907. The fourth-order valence-corrected chi connectivity index (χ4v) is 1.10. The minimum atomic E-state index is 0.475. The Labute approximate surface area is 67.9 Å². The Balaban J connectivity index is 3.23. The first-order valence-electron chi connectivity index (χ1n) is 2.73. The van der Waals surface area contributed by atoms with Crippen molar-refractivity contribution in [2.75, 3.05) is 0 Å². The summed E-state index contributed by atoms with van der Waals surface area (Å²) >= 11 is 3.26. The molecule has 2 nitrogen and oxygen atoms in total. The third-order valence-electron chi connectivity index (χ3n) is 1.12. The molecule has 1 heterocycles. The van der Waals surface area contributed by atoms with E-state index < -0.39 is 0 Å². The van der Waals surface area contributed by atoms with E-state index in [1.807, 2.05) is 13.0 Å². The number of aryl methyl sites for hydroxylation is 1. The van der Waals surface area contributed by atoms with Gasteiger partial charge in [-0.25, -0.2) is 0 Å². The largest absolute Gasteiger partial charge is 0.360 e. The highest BCUT2D eigenvalue weighted by atomic mass is 79.9. The van der Waals surface area contributed by atoms with Crippen molar-refractivity contribution in [2.24, 2.45) is 0 Å². The number of pyridine rings is 1. The molecule has 50 valence electrons. The first kappa shape index (κ1) is 7.23. The lowest BCUT2D eigenvalue weighted by molar-refractivity contribution is 1.28. The standard InChI is InChI=1S/C7H5BrN2/c1-5-3-6(8)4-10-7(5)9-2/h3-4H,1H3. The molecule has 0 atom stereocenters. The molecular formula is C7H5BrN2. The van der Waals surface area contributed by atoms with Gasteiger partial charge in [0.25, 0.3) is 5.82 Å². The number of rotatable bonds is 0. The first-order chi connectivity index (χ1) is 4.74. The van der Waals surface area contributed by atoms with Crippen molar-refractivity contribution in [3.63, 3.8) is 0 Å². The van der Waals surface area contributed by atoms with Crippen LogP contribution in [0.15, 0.2) is 16.7 Å². The summed E-state index contributed by atoms with van der Waals surface area (Å²) in [5.74, 6) is 0.475. The van der Waals surface area contributed by atoms with Crippen LogP contribution in [0, 0.1) is 13.5 Å². The summed E-state index contributed by atoms with van der Waals surface area (Å²) in [4.78, 5) is 7.12. The zero-order valence-corrected chi connectivity index (χ0v) is 7.01. The number of aromatic nitrogens is 1. The normalized spacial score (nSPS) is 8.90. The molecule has 1 rings (SSSR count). The van der Waals surface area contributed by atoms with Gasteiger partial charge < -0.3 is 4.85 Å². The molecule has 10 heavy (non-hydrogen) atoms. The highest BCUT2D eigenvalue weighted by molar-refractivity contribution is 9.10. The molecule has 0 N–H and O–H groups in total. The minimum Gasteiger partial charge on any atom is -0.360 e. The van der Waals surface area contributed by atoms with Crippen molar-refractivity contribution < 1.29 is 0 Å². The molecule has 0 fully saturated rings. The Morgan fingerprint density at radius 2 is 2.40 bits per heavy atom. The van der Waals surface area contributed by atoms with E-state index >= 15 is 0 Å². The van der Waals surface area contributed by atoms with Gasteiger partial charge in [0.2, 0.25) is 0 Å². The molecule has 0 aromatic carbocycles. The topological polar surface area (TPSA) is 17.2 Å². The highest BCUT2D eigenvalue weighted by Crippen LogP contribution is 2.18. The molecule has 0 saturated heterocycles. The van der Waals surface area contributed by atoms with Crippen molar-refractivity contribution in [1.29, 1.82) is 0 Å². The average Bonchev–Trinajstić information content (AvgIpc) is 1.88. The third-order valence-corrected chi connectivity index (χ3v) is 1.56. The molecule has 0 aliphatic rings. The van der Waals surface area contributed by atoms with Crippen LogP contribution in [0.5, 0.6) is 0 Å². The molecule has 0 spiro atoms. The maximum Gasteiger partial charge on any atom is 0.272 e. The maximum absolute atomic E-state index is 6.70. The van der Waals surface area contributed by atoms with Gasteiger partial charge in [0, 0.05) is 0 Å². The van der Waals surface area contributed by atoms with Crippen LogP contribution in [-0.4, -0.2) is 4.98 Å². The van der Waals surface area contributed by atoms with Crippen molar-refractivity contribution in [3.05, 3.63) is 33.7 Å². The van der Waals surface area contributed by atoms with E-state index in [2.05, 4.69) is 25.8 Å². The van der Waals surface area contributed by atoms with Gasteiger partial charge in [-0.05, 0) is 28.4 Å². The van der Waals surface area contributed by atoms with Crippen molar-refractivity contribution in [1.82, 2.24) is 4.98 Å². The van der Waals surface area contributed by atoms with E-state index in [4.69, 9.17) is 6.57 Å². The van der Waals surface area contributed by atoms with Gasteiger partial charge >= 0.3 is 0 Å². The van der Waals surface area contributed by atoms with Crippen molar-refractivity contribution in [2.45, 2.75) is 6.92 Å². The van der Waals surface area contributed by atoms with Crippen LogP contribution in [0.2, 0.25) is 0 Å². The SMILES string of the molecule is [C-]#[N+]c1ncc(Br)cc1C. The average molecular weight is 197 g/mol.